The minimum absolute atomic E-state index is 0.0425. The summed E-state index contributed by atoms with van der Waals surface area (Å²) < 4.78 is 37.0. The van der Waals surface area contributed by atoms with Gasteiger partial charge in [0.2, 0.25) is 5.95 Å². The molecule has 3 aliphatic rings. The average molecular weight is 452 g/mol. The van der Waals surface area contributed by atoms with Crippen molar-refractivity contribution < 1.29 is 18.3 Å². The fourth-order valence-electron chi connectivity index (χ4n) is 5.00. The van der Waals surface area contributed by atoms with Crippen LogP contribution in [0.25, 0.3) is 5.65 Å². The topological polar surface area (TPSA) is 113 Å². The minimum Gasteiger partial charge on any atom is -0.487 e. The highest BCUT2D eigenvalue weighted by Gasteiger charge is 2.51. The molecule has 12 heteroatoms. The summed E-state index contributed by atoms with van der Waals surface area (Å²) in [5.41, 5.74) is -1.05. The molecule has 33 heavy (non-hydrogen) atoms. The Labute approximate surface area is 186 Å². The lowest BCUT2D eigenvalue weighted by Gasteiger charge is -2.38. The van der Waals surface area contributed by atoms with Gasteiger partial charge in [0.15, 0.2) is 17.1 Å². The van der Waals surface area contributed by atoms with Crippen molar-refractivity contribution in [2.45, 2.75) is 37.1 Å². The van der Waals surface area contributed by atoms with Crippen LogP contribution in [0.3, 0.4) is 0 Å². The zero-order valence-electron chi connectivity index (χ0n) is 17.4. The fourth-order valence-corrected chi connectivity index (χ4v) is 5.00. The van der Waals surface area contributed by atoms with E-state index in [1.807, 2.05) is 0 Å². The molecule has 3 aliphatic heterocycles. The lowest BCUT2D eigenvalue weighted by molar-refractivity contribution is -0.146. The standard InChI is InChI=1S/C21H18F2N8O2/c22-15-9-28-31-18(15)26-11-27-20(31)29-3-1-21(23,2-4-29)19(32)30-10-13-5-16(30)14-8-25-7-12(6-24)17(14)33-13/h7-9,11,13,16H,1-5,10H2/t13-,16-/m0/s1. The number of halogens is 2. The van der Waals surface area contributed by atoms with Gasteiger partial charge < -0.3 is 14.5 Å². The van der Waals surface area contributed by atoms with E-state index in [9.17, 15) is 14.4 Å². The molecule has 0 unspecified atom stereocenters. The van der Waals surface area contributed by atoms with Gasteiger partial charge in [0.1, 0.15) is 29.8 Å². The highest BCUT2D eigenvalue weighted by Crippen LogP contribution is 2.46. The van der Waals surface area contributed by atoms with Crippen molar-refractivity contribution in [2.75, 3.05) is 24.5 Å². The van der Waals surface area contributed by atoms with Gasteiger partial charge in [-0.25, -0.2) is 18.7 Å². The second kappa shape index (κ2) is 7.06. The van der Waals surface area contributed by atoms with Crippen LogP contribution in [0.15, 0.2) is 24.9 Å². The number of amides is 1. The van der Waals surface area contributed by atoms with E-state index in [1.54, 1.807) is 11.1 Å². The van der Waals surface area contributed by atoms with Crippen molar-refractivity contribution in [3.05, 3.63) is 41.9 Å². The summed E-state index contributed by atoms with van der Waals surface area (Å²) in [5.74, 6) is -0.354. The van der Waals surface area contributed by atoms with E-state index in [4.69, 9.17) is 4.74 Å². The minimum atomic E-state index is -2.05. The quantitative estimate of drug-likeness (QED) is 0.576. The number of nitriles is 1. The molecule has 6 heterocycles. The SMILES string of the molecule is N#Cc1cncc2c1O[C@H]1C[C@@H]2N(C(=O)C2(F)CCN(c3ncnc4c(F)cnn34)CC2)C1. The maximum Gasteiger partial charge on any atom is 0.261 e. The zero-order chi connectivity index (χ0) is 22.7. The first-order valence-electron chi connectivity index (χ1n) is 10.6. The van der Waals surface area contributed by atoms with E-state index in [1.165, 1.54) is 21.9 Å². The van der Waals surface area contributed by atoms with Gasteiger partial charge in [-0.3, -0.25) is 9.78 Å². The van der Waals surface area contributed by atoms with E-state index < -0.39 is 17.4 Å². The number of fused-ring (bicyclic) bond motifs is 5. The van der Waals surface area contributed by atoms with Gasteiger partial charge in [-0.05, 0) is 0 Å². The molecule has 3 aromatic heterocycles. The Morgan fingerprint density at radius 3 is 2.85 bits per heavy atom. The van der Waals surface area contributed by atoms with Crippen molar-refractivity contribution in [2.24, 2.45) is 0 Å². The van der Waals surface area contributed by atoms with Crippen molar-refractivity contribution in [3.8, 4) is 11.8 Å². The van der Waals surface area contributed by atoms with Crippen LogP contribution < -0.4 is 9.64 Å². The number of likely N-dealkylation sites (tertiary alicyclic amines) is 1. The molecular weight excluding hydrogens is 434 g/mol. The van der Waals surface area contributed by atoms with E-state index >= 15 is 4.39 Å². The number of carbonyl (C=O) groups is 1. The summed E-state index contributed by atoms with van der Waals surface area (Å²) in [6.45, 7) is 0.688. The molecule has 2 fully saturated rings. The molecule has 1 amide bonds. The van der Waals surface area contributed by atoms with Crippen molar-refractivity contribution in [1.29, 1.82) is 5.26 Å². The van der Waals surface area contributed by atoms with E-state index in [2.05, 4.69) is 26.1 Å². The normalized spacial score (nSPS) is 23.2. The Kier molecular flexibility index (Phi) is 4.23. The molecule has 10 nitrogen and oxygen atoms in total. The number of pyridine rings is 1. The van der Waals surface area contributed by atoms with Gasteiger partial charge in [0.25, 0.3) is 5.91 Å². The molecule has 2 bridgehead atoms. The van der Waals surface area contributed by atoms with Gasteiger partial charge in [-0.15, -0.1) is 0 Å². The van der Waals surface area contributed by atoms with Crippen LogP contribution in [-0.4, -0.2) is 66.8 Å². The molecule has 0 aromatic carbocycles. The predicted molar refractivity (Wildman–Crippen MR) is 108 cm³/mol. The van der Waals surface area contributed by atoms with Gasteiger partial charge in [-0.1, -0.05) is 0 Å². The molecule has 0 N–H and O–H groups in total. The smallest absolute Gasteiger partial charge is 0.261 e. The Morgan fingerprint density at radius 1 is 1.24 bits per heavy atom. The van der Waals surface area contributed by atoms with Crippen LogP contribution in [0.1, 0.15) is 36.4 Å². The monoisotopic (exact) mass is 452 g/mol. The summed E-state index contributed by atoms with van der Waals surface area (Å²) in [6.07, 6.45) is 5.48. The van der Waals surface area contributed by atoms with Crippen molar-refractivity contribution in [1.82, 2.24) is 29.5 Å². The van der Waals surface area contributed by atoms with Crippen molar-refractivity contribution in [3.63, 3.8) is 0 Å². The Bertz CT molecular complexity index is 1310. The highest BCUT2D eigenvalue weighted by atomic mass is 19.1. The van der Waals surface area contributed by atoms with Gasteiger partial charge in [-0.2, -0.15) is 14.9 Å². The molecule has 0 saturated carbocycles. The van der Waals surface area contributed by atoms with Crippen molar-refractivity contribution >= 4 is 17.5 Å². The van der Waals surface area contributed by atoms with Crippen LogP contribution in [0.5, 0.6) is 5.75 Å². The maximum atomic E-state index is 16.0. The molecule has 3 aromatic rings. The molecule has 2 saturated heterocycles. The molecule has 168 valence electrons. The number of hydrogen-bond donors (Lipinski definition) is 0. The number of alkyl halides is 1. The first-order chi connectivity index (χ1) is 16.0. The summed E-state index contributed by atoms with van der Waals surface area (Å²) >= 11 is 0. The third kappa shape index (κ3) is 2.92. The average Bonchev–Trinajstić information content (AvgIpc) is 3.39. The number of rotatable bonds is 2. The van der Waals surface area contributed by atoms with E-state index in [-0.39, 0.29) is 50.3 Å². The summed E-state index contributed by atoms with van der Waals surface area (Å²) in [4.78, 5) is 28.8. The number of ether oxygens (including phenoxy) is 1. The fraction of sp³-hybridized carbons (Fsp3) is 0.429. The Hall–Kier alpha value is -3.88. The highest BCUT2D eigenvalue weighted by molar-refractivity contribution is 5.86. The molecule has 6 rings (SSSR count). The van der Waals surface area contributed by atoms with Crippen LogP contribution >= 0.6 is 0 Å². The predicted octanol–water partition coefficient (Wildman–Crippen LogP) is 1.57. The Balaban J connectivity index is 1.23. The second-order valence-electron chi connectivity index (χ2n) is 8.52. The third-order valence-electron chi connectivity index (χ3n) is 6.68. The molecular formula is C21H18F2N8O2. The van der Waals surface area contributed by atoms with Crippen LogP contribution in [0, 0.1) is 17.1 Å². The summed E-state index contributed by atoms with van der Waals surface area (Å²) in [6, 6.07) is 1.69. The largest absolute Gasteiger partial charge is 0.487 e. The van der Waals surface area contributed by atoms with E-state index in [0.29, 0.717) is 29.2 Å². The van der Waals surface area contributed by atoms with Gasteiger partial charge >= 0.3 is 0 Å². The number of anilines is 1. The summed E-state index contributed by atoms with van der Waals surface area (Å²) in [5, 5.41) is 13.3. The molecule has 0 aliphatic carbocycles. The first-order valence-corrected chi connectivity index (χ1v) is 10.6. The number of carbonyl (C=O) groups excluding carboxylic acids is 1. The van der Waals surface area contributed by atoms with Gasteiger partial charge in [0.05, 0.1) is 18.8 Å². The zero-order valence-corrected chi connectivity index (χ0v) is 17.4. The second-order valence-corrected chi connectivity index (χ2v) is 8.52. The first kappa shape index (κ1) is 19.8. The molecule has 2 atom stereocenters. The number of piperidine rings is 1. The number of hydrogen-bond acceptors (Lipinski definition) is 8. The summed E-state index contributed by atoms with van der Waals surface area (Å²) in [7, 11) is 0. The van der Waals surface area contributed by atoms with Crippen LogP contribution in [-0.2, 0) is 4.79 Å². The van der Waals surface area contributed by atoms with Crippen LogP contribution in [0.4, 0.5) is 14.7 Å². The van der Waals surface area contributed by atoms with Gasteiger partial charge in [0, 0.05) is 50.3 Å². The maximum absolute atomic E-state index is 16.0. The van der Waals surface area contributed by atoms with E-state index in [0.717, 1.165) is 6.20 Å². The third-order valence-corrected chi connectivity index (χ3v) is 6.68. The molecule has 0 radical (unpaired) electrons. The number of nitrogens with zero attached hydrogens (tertiary/aromatic N) is 8. The Morgan fingerprint density at radius 2 is 2.06 bits per heavy atom. The lowest BCUT2D eigenvalue weighted by atomic mass is 9.91. The number of aromatic nitrogens is 5. The van der Waals surface area contributed by atoms with Crippen LogP contribution in [0.2, 0.25) is 0 Å². The molecule has 0 spiro atoms. The lowest BCUT2D eigenvalue weighted by Crippen LogP contribution is -2.52.